The summed E-state index contributed by atoms with van der Waals surface area (Å²) in [5.41, 5.74) is 1.52. The van der Waals surface area contributed by atoms with E-state index >= 15 is 0 Å². The molecule has 134 valence electrons. The number of carbonyl (C=O) groups is 1. The van der Waals surface area contributed by atoms with Crippen LogP contribution in [0.15, 0.2) is 48.5 Å². The van der Waals surface area contributed by atoms with Crippen LogP contribution in [0, 0.1) is 0 Å². The number of carbonyl (C=O) groups excluding carboxylic acids is 1. The highest BCUT2D eigenvalue weighted by Crippen LogP contribution is 2.22. The van der Waals surface area contributed by atoms with Crippen molar-refractivity contribution >= 4 is 11.6 Å². The summed E-state index contributed by atoms with van der Waals surface area (Å²) in [6.07, 6.45) is 0. The second kappa shape index (κ2) is 8.98. The van der Waals surface area contributed by atoms with Crippen molar-refractivity contribution in [2.45, 2.75) is 19.6 Å². The Bertz CT molecular complexity index is 693. The molecule has 0 aromatic heterocycles. The van der Waals surface area contributed by atoms with Crippen molar-refractivity contribution in [2.75, 3.05) is 19.0 Å². The summed E-state index contributed by atoms with van der Waals surface area (Å²) >= 11 is 0. The van der Waals surface area contributed by atoms with Gasteiger partial charge in [0.1, 0.15) is 17.5 Å². The van der Waals surface area contributed by atoms with Gasteiger partial charge in [-0.25, -0.2) is 0 Å². The van der Waals surface area contributed by atoms with Gasteiger partial charge >= 0.3 is 6.61 Å². The van der Waals surface area contributed by atoms with Gasteiger partial charge in [0, 0.05) is 5.69 Å². The van der Waals surface area contributed by atoms with Gasteiger partial charge in [0.15, 0.2) is 6.54 Å². The fourth-order valence-electron chi connectivity index (χ4n) is 2.39. The summed E-state index contributed by atoms with van der Waals surface area (Å²) < 4.78 is 33.8. The van der Waals surface area contributed by atoms with Crippen LogP contribution < -0.4 is 20.1 Å². The SMILES string of the molecule is COc1ccccc1[C@H](C)[NH2+]CC(=O)Nc1ccc(OC(F)F)cc1. The number of methoxy groups -OCH3 is 1. The molecule has 1 amide bonds. The number of hydrogen-bond donors (Lipinski definition) is 2. The highest BCUT2D eigenvalue weighted by atomic mass is 19.3. The molecule has 25 heavy (non-hydrogen) atoms. The second-order valence-corrected chi connectivity index (χ2v) is 5.42. The van der Waals surface area contributed by atoms with Crippen molar-refractivity contribution in [2.24, 2.45) is 0 Å². The third kappa shape index (κ3) is 5.72. The molecular formula is C18H21F2N2O3+. The molecule has 0 aliphatic carbocycles. The molecule has 0 radical (unpaired) electrons. The molecule has 2 aromatic rings. The highest BCUT2D eigenvalue weighted by Gasteiger charge is 2.15. The largest absolute Gasteiger partial charge is 0.496 e. The molecular weight excluding hydrogens is 330 g/mol. The zero-order valence-corrected chi connectivity index (χ0v) is 14.0. The normalized spacial score (nSPS) is 11.9. The van der Waals surface area contributed by atoms with Gasteiger partial charge in [-0.1, -0.05) is 12.1 Å². The van der Waals surface area contributed by atoms with Crippen molar-refractivity contribution in [1.29, 1.82) is 0 Å². The van der Waals surface area contributed by atoms with E-state index in [0.29, 0.717) is 5.69 Å². The Labute approximate surface area is 144 Å². The van der Waals surface area contributed by atoms with E-state index < -0.39 is 6.61 Å². The van der Waals surface area contributed by atoms with Gasteiger partial charge < -0.3 is 20.1 Å². The van der Waals surface area contributed by atoms with E-state index in [1.165, 1.54) is 24.3 Å². The van der Waals surface area contributed by atoms with Crippen LogP contribution in [0.5, 0.6) is 11.5 Å². The average Bonchev–Trinajstić information content (AvgIpc) is 2.61. The van der Waals surface area contributed by atoms with Gasteiger partial charge in [-0.3, -0.25) is 4.79 Å². The van der Waals surface area contributed by atoms with E-state index in [-0.39, 0.29) is 24.2 Å². The predicted octanol–water partition coefficient (Wildman–Crippen LogP) is 2.56. The first-order valence-electron chi connectivity index (χ1n) is 7.80. The Kier molecular flexibility index (Phi) is 6.71. The first kappa shape index (κ1) is 18.7. The number of quaternary nitrogens is 1. The van der Waals surface area contributed by atoms with E-state index in [0.717, 1.165) is 11.3 Å². The van der Waals surface area contributed by atoms with Crippen LogP contribution in [-0.2, 0) is 4.79 Å². The van der Waals surface area contributed by atoms with Gasteiger partial charge in [0.25, 0.3) is 5.91 Å². The Balaban J connectivity index is 1.86. The number of alkyl halides is 2. The standard InChI is InChI=1S/C18H20F2N2O3/c1-12(15-5-3-4-6-16(15)24-2)21-11-17(23)22-13-7-9-14(10-8-13)25-18(19)20/h3-10,12,18,21H,11H2,1-2H3,(H,22,23)/p+1/t12-/m0/s1. The van der Waals surface area contributed by atoms with Crippen LogP contribution in [0.3, 0.4) is 0 Å². The molecule has 5 nitrogen and oxygen atoms in total. The fourth-order valence-corrected chi connectivity index (χ4v) is 2.39. The van der Waals surface area contributed by atoms with E-state index in [1.807, 2.05) is 36.5 Å². The number of rotatable bonds is 8. The number of benzene rings is 2. The minimum absolute atomic E-state index is 0.0451. The molecule has 3 N–H and O–H groups in total. The maximum Gasteiger partial charge on any atom is 0.387 e. The average molecular weight is 351 g/mol. The van der Waals surface area contributed by atoms with Crippen LogP contribution in [0.25, 0.3) is 0 Å². The molecule has 0 aliphatic rings. The van der Waals surface area contributed by atoms with E-state index in [1.54, 1.807) is 7.11 Å². The Hall–Kier alpha value is -2.67. The molecule has 0 heterocycles. The monoisotopic (exact) mass is 351 g/mol. The highest BCUT2D eigenvalue weighted by molar-refractivity contribution is 5.91. The first-order valence-corrected chi connectivity index (χ1v) is 7.80. The second-order valence-electron chi connectivity index (χ2n) is 5.42. The van der Waals surface area contributed by atoms with Crippen LogP contribution in [0.1, 0.15) is 18.5 Å². The third-order valence-corrected chi connectivity index (χ3v) is 3.65. The molecule has 2 rings (SSSR count). The van der Waals surface area contributed by atoms with Crippen molar-refractivity contribution < 1.29 is 28.4 Å². The summed E-state index contributed by atoms with van der Waals surface area (Å²) in [5.74, 6) is 0.634. The van der Waals surface area contributed by atoms with Crippen LogP contribution >= 0.6 is 0 Å². The number of hydrogen-bond acceptors (Lipinski definition) is 3. The molecule has 7 heteroatoms. The summed E-state index contributed by atoms with van der Waals surface area (Å²) in [4.78, 5) is 12.0. The Morgan fingerprint density at radius 3 is 2.48 bits per heavy atom. The number of amides is 1. The lowest BCUT2D eigenvalue weighted by Crippen LogP contribution is -2.86. The molecule has 0 aliphatic heterocycles. The number of anilines is 1. The van der Waals surface area contributed by atoms with Gasteiger partial charge in [0.2, 0.25) is 0 Å². The number of halogens is 2. The summed E-state index contributed by atoms with van der Waals surface area (Å²) in [6, 6.07) is 13.5. The van der Waals surface area contributed by atoms with E-state index in [4.69, 9.17) is 4.74 Å². The van der Waals surface area contributed by atoms with E-state index in [2.05, 4.69) is 10.1 Å². The zero-order chi connectivity index (χ0) is 18.2. The smallest absolute Gasteiger partial charge is 0.387 e. The lowest BCUT2D eigenvalue weighted by atomic mass is 10.1. The van der Waals surface area contributed by atoms with E-state index in [9.17, 15) is 13.6 Å². The number of ether oxygens (including phenoxy) is 2. The predicted molar refractivity (Wildman–Crippen MR) is 89.9 cm³/mol. The van der Waals surface area contributed by atoms with Crippen molar-refractivity contribution in [3.8, 4) is 11.5 Å². The molecule has 0 bridgehead atoms. The molecule has 0 unspecified atom stereocenters. The van der Waals surface area contributed by atoms with Gasteiger partial charge in [-0.2, -0.15) is 8.78 Å². The summed E-state index contributed by atoms with van der Waals surface area (Å²) in [5, 5.41) is 4.60. The third-order valence-electron chi connectivity index (χ3n) is 3.65. The van der Waals surface area contributed by atoms with Crippen LogP contribution in [0.4, 0.5) is 14.5 Å². The Morgan fingerprint density at radius 1 is 1.16 bits per heavy atom. The first-order chi connectivity index (χ1) is 12.0. The minimum Gasteiger partial charge on any atom is -0.496 e. The zero-order valence-electron chi connectivity index (χ0n) is 14.0. The lowest BCUT2D eigenvalue weighted by molar-refractivity contribution is -0.682. The quantitative estimate of drug-likeness (QED) is 0.768. The molecule has 2 aromatic carbocycles. The lowest BCUT2D eigenvalue weighted by Gasteiger charge is -2.14. The number of nitrogens with two attached hydrogens (primary N) is 1. The van der Waals surface area contributed by atoms with Crippen LogP contribution in [0.2, 0.25) is 0 Å². The van der Waals surface area contributed by atoms with Crippen molar-refractivity contribution in [3.63, 3.8) is 0 Å². The topological polar surface area (TPSA) is 64.2 Å². The molecule has 0 fully saturated rings. The molecule has 0 spiro atoms. The number of para-hydroxylation sites is 1. The molecule has 1 atom stereocenters. The number of nitrogens with one attached hydrogen (secondary N) is 1. The van der Waals surface area contributed by atoms with Gasteiger partial charge in [-0.05, 0) is 43.3 Å². The van der Waals surface area contributed by atoms with Crippen molar-refractivity contribution in [3.05, 3.63) is 54.1 Å². The van der Waals surface area contributed by atoms with Gasteiger partial charge in [-0.15, -0.1) is 0 Å². The fraction of sp³-hybridized carbons (Fsp3) is 0.278. The van der Waals surface area contributed by atoms with Crippen molar-refractivity contribution in [1.82, 2.24) is 0 Å². The maximum atomic E-state index is 12.1. The maximum absolute atomic E-state index is 12.1. The minimum atomic E-state index is -2.87. The molecule has 0 saturated carbocycles. The van der Waals surface area contributed by atoms with Crippen LogP contribution in [-0.4, -0.2) is 26.2 Å². The van der Waals surface area contributed by atoms with Gasteiger partial charge in [0.05, 0.1) is 12.7 Å². The Morgan fingerprint density at radius 2 is 1.84 bits per heavy atom. The molecule has 0 saturated heterocycles. The summed E-state index contributed by atoms with van der Waals surface area (Å²) in [7, 11) is 1.61. The summed E-state index contributed by atoms with van der Waals surface area (Å²) in [6.45, 7) is -0.665.